The third-order valence-corrected chi connectivity index (χ3v) is 7.31. The zero-order valence-corrected chi connectivity index (χ0v) is 22.3. The van der Waals surface area contributed by atoms with Crippen LogP contribution in [0.5, 0.6) is 0 Å². The van der Waals surface area contributed by atoms with Crippen molar-refractivity contribution >= 4 is 39.1 Å². The smallest absolute Gasteiger partial charge is 0.229 e. The molecular weight excluding hydrogens is 474 g/mol. The van der Waals surface area contributed by atoms with Gasteiger partial charge in [0.2, 0.25) is 5.91 Å². The molecule has 0 saturated carbocycles. The number of rotatable bonds is 4. The number of likely N-dealkylation sites (N-methyl/N-ethyl adjacent to an activating group) is 1. The van der Waals surface area contributed by atoms with Crippen molar-refractivity contribution in [2.24, 2.45) is 5.41 Å². The normalized spacial score (nSPS) is 14.9. The average molecular weight is 508 g/mol. The van der Waals surface area contributed by atoms with E-state index in [-0.39, 0.29) is 5.91 Å². The maximum atomic E-state index is 12.5. The van der Waals surface area contributed by atoms with Crippen molar-refractivity contribution in [1.29, 1.82) is 0 Å². The van der Waals surface area contributed by atoms with Crippen LogP contribution < -0.4 is 10.2 Å². The fraction of sp³-hybridized carbons (Fsp3) is 0.300. The first-order chi connectivity index (χ1) is 18.3. The third kappa shape index (κ3) is 4.52. The number of fused-ring (bicyclic) bond motifs is 2. The van der Waals surface area contributed by atoms with Crippen molar-refractivity contribution < 1.29 is 4.79 Å². The van der Waals surface area contributed by atoms with Gasteiger partial charge in [0.25, 0.3) is 0 Å². The monoisotopic (exact) mass is 507 g/mol. The van der Waals surface area contributed by atoms with Crippen molar-refractivity contribution in [3.05, 3.63) is 60.9 Å². The molecule has 4 heterocycles. The molecule has 0 bridgehead atoms. The summed E-state index contributed by atoms with van der Waals surface area (Å²) in [6.07, 6.45) is 3.50. The number of hydrogen-bond donors (Lipinski definition) is 3. The first-order valence-electron chi connectivity index (χ1n) is 13.1. The van der Waals surface area contributed by atoms with Crippen LogP contribution in [0.25, 0.3) is 44.3 Å². The van der Waals surface area contributed by atoms with Crippen LogP contribution in [0.2, 0.25) is 0 Å². The zero-order chi connectivity index (χ0) is 26.4. The zero-order valence-electron chi connectivity index (χ0n) is 22.3. The minimum Gasteiger partial charge on any atom is -0.368 e. The van der Waals surface area contributed by atoms with Crippen LogP contribution in [0, 0.1) is 5.41 Å². The van der Waals surface area contributed by atoms with E-state index in [0.717, 1.165) is 65.1 Å². The molecule has 194 valence electrons. The van der Waals surface area contributed by atoms with E-state index >= 15 is 0 Å². The number of carbonyl (C=O) groups excluding carboxylic acids is 1. The molecule has 6 rings (SSSR count). The number of aromatic nitrogens is 4. The Bertz CT molecular complexity index is 1630. The summed E-state index contributed by atoms with van der Waals surface area (Å²) >= 11 is 0. The van der Waals surface area contributed by atoms with Gasteiger partial charge in [-0.2, -0.15) is 5.10 Å². The fourth-order valence-electron chi connectivity index (χ4n) is 4.97. The van der Waals surface area contributed by atoms with Gasteiger partial charge in [-0.1, -0.05) is 32.9 Å². The van der Waals surface area contributed by atoms with E-state index in [1.807, 2.05) is 45.2 Å². The highest BCUT2D eigenvalue weighted by Gasteiger charge is 2.22. The van der Waals surface area contributed by atoms with Crippen molar-refractivity contribution in [2.75, 3.05) is 43.4 Å². The number of carbonyl (C=O) groups is 1. The molecule has 0 unspecified atom stereocenters. The van der Waals surface area contributed by atoms with Crippen LogP contribution in [-0.2, 0) is 4.79 Å². The summed E-state index contributed by atoms with van der Waals surface area (Å²) < 4.78 is 0. The van der Waals surface area contributed by atoms with Crippen molar-refractivity contribution in [1.82, 2.24) is 25.1 Å². The summed E-state index contributed by atoms with van der Waals surface area (Å²) in [7, 11) is 2.18. The first-order valence-corrected chi connectivity index (χ1v) is 13.1. The SMILES string of the molecule is CN1CCN(c2cccc3[nH]c(-c4n[nH]c5ccc(-c6cncc(NC(=O)C(C)(C)C)c6)cc45)cc23)CC1. The van der Waals surface area contributed by atoms with Crippen LogP contribution in [0.15, 0.2) is 60.9 Å². The third-order valence-electron chi connectivity index (χ3n) is 7.31. The summed E-state index contributed by atoms with van der Waals surface area (Å²) in [5.41, 5.74) is 7.34. The number of piperazine rings is 1. The standard InChI is InChI=1S/C30H33N7O/c1-30(2,3)29(38)32-21-14-20(17-31-18-21)19-8-9-25-23(15-19)28(35-34-25)26-16-22-24(33-26)6-5-7-27(22)37-12-10-36(4)11-13-37/h5-9,14-18,33H,10-13H2,1-4H3,(H,32,38)(H,34,35). The van der Waals surface area contributed by atoms with Gasteiger partial charge in [-0.3, -0.25) is 14.9 Å². The lowest BCUT2D eigenvalue weighted by Crippen LogP contribution is -2.44. The van der Waals surface area contributed by atoms with Crippen molar-refractivity contribution in [2.45, 2.75) is 20.8 Å². The Labute approximate surface area is 222 Å². The number of aromatic amines is 2. The topological polar surface area (TPSA) is 92.9 Å². The number of anilines is 2. The van der Waals surface area contributed by atoms with E-state index in [1.54, 1.807) is 6.20 Å². The Morgan fingerprint density at radius 2 is 1.74 bits per heavy atom. The number of nitrogens with zero attached hydrogens (tertiary/aromatic N) is 4. The predicted octanol–water partition coefficient (Wildman–Crippen LogP) is 5.51. The molecule has 1 aliphatic rings. The molecule has 5 aromatic rings. The molecule has 1 amide bonds. The summed E-state index contributed by atoms with van der Waals surface area (Å²) in [5, 5.41) is 13.1. The average Bonchev–Trinajstić information content (AvgIpc) is 3.52. The second kappa shape index (κ2) is 9.29. The van der Waals surface area contributed by atoms with Crippen LogP contribution in [0.1, 0.15) is 20.8 Å². The minimum atomic E-state index is -0.482. The van der Waals surface area contributed by atoms with Gasteiger partial charge in [-0.05, 0) is 49.0 Å². The largest absolute Gasteiger partial charge is 0.368 e. The molecule has 0 aliphatic carbocycles. The van der Waals surface area contributed by atoms with Crippen LogP contribution in [0.4, 0.5) is 11.4 Å². The lowest BCUT2D eigenvalue weighted by molar-refractivity contribution is -0.123. The lowest BCUT2D eigenvalue weighted by atomic mass is 9.95. The Morgan fingerprint density at radius 1 is 0.921 bits per heavy atom. The molecule has 1 fully saturated rings. The van der Waals surface area contributed by atoms with E-state index in [1.165, 1.54) is 11.1 Å². The van der Waals surface area contributed by atoms with Gasteiger partial charge in [0.15, 0.2) is 0 Å². The number of nitrogens with one attached hydrogen (secondary N) is 3. The number of hydrogen-bond acceptors (Lipinski definition) is 5. The Hall–Kier alpha value is -4.17. The van der Waals surface area contributed by atoms with Gasteiger partial charge < -0.3 is 20.1 Å². The van der Waals surface area contributed by atoms with Gasteiger partial charge in [-0.25, -0.2) is 0 Å². The first kappa shape index (κ1) is 24.2. The molecule has 3 N–H and O–H groups in total. The lowest BCUT2D eigenvalue weighted by Gasteiger charge is -2.34. The Morgan fingerprint density at radius 3 is 2.53 bits per heavy atom. The second-order valence-corrected chi connectivity index (χ2v) is 11.2. The van der Waals surface area contributed by atoms with Gasteiger partial charge in [0.05, 0.1) is 23.1 Å². The maximum absolute atomic E-state index is 12.5. The molecule has 1 saturated heterocycles. The highest BCUT2D eigenvalue weighted by atomic mass is 16.2. The molecule has 3 aromatic heterocycles. The maximum Gasteiger partial charge on any atom is 0.229 e. The van der Waals surface area contributed by atoms with E-state index in [2.05, 4.69) is 72.7 Å². The van der Waals surface area contributed by atoms with E-state index < -0.39 is 5.41 Å². The van der Waals surface area contributed by atoms with Crippen molar-refractivity contribution in [3.8, 4) is 22.5 Å². The number of benzene rings is 2. The van der Waals surface area contributed by atoms with Crippen LogP contribution in [0.3, 0.4) is 0 Å². The highest BCUT2D eigenvalue weighted by molar-refractivity contribution is 6.01. The van der Waals surface area contributed by atoms with E-state index in [0.29, 0.717) is 5.69 Å². The van der Waals surface area contributed by atoms with Gasteiger partial charge in [-0.15, -0.1) is 0 Å². The number of pyridine rings is 1. The fourth-order valence-corrected chi connectivity index (χ4v) is 4.97. The molecule has 0 radical (unpaired) electrons. The molecule has 38 heavy (non-hydrogen) atoms. The molecule has 0 atom stereocenters. The molecule has 0 spiro atoms. The van der Waals surface area contributed by atoms with Crippen molar-refractivity contribution in [3.63, 3.8) is 0 Å². The molecule has 1 aliphatic heterocycles. The summed E-state index contributed by atoms with van der Waals surface area (Å²) in [4.78, 5) is 25.3. The second-order valence-electron chi connectivity index (χ2n) is 11.2. The Balaban J connectivity index is 1.35. The van der Waals surface area contributed by atoms with Gasteiger partial charge >= 0.3 is 0 Å². The molecule has 8 nitrogen and oxygen atoms in total. The van der Waals surface area contributed by atoms with Crippen LogP contribution in [-0.4, -0.2) is 64.2 Å². The molecule has 2 aromatic carbocycles. The molecule has 8 heteroatoms. The number of H-pyrrole nitrogens is 2. The summed E-state index contributed by atoms with van der Waals surface area (Å²) in [6, 6.07) is 16.9. The van der Waals surface area contributed by atoms with E-state index in [4.69, 9.17) is 0 Å². The van der Waals surface area contributed by atoms with Gasteiger partial charge in [0.1, 0.15) is 5.69 Å². The van der Waals surface area contributed by atoms with E-state index in [9.17, 15) is 4.79 Å². The minimum absolute atomic E-state index is 0.0428. The molecular formula is C30H33N7O. The summed E-state index contributed by atoms with van der Waals surface area (Å²) in [5.74, 6) is -0.0428. The summed E-state index contributed by atoms with van der Waals surface area (Å²) in [6.45, 7) is 9.86. The highest BCUT2D eigenvalue weighted by Crippen LogP contribution is 2.35. The van der Waals surface area contributed by atoms with Gasteiger partial charge in [0, 0.05) is 65.3 Å². The predicted molar refractivity (Wildman–Crippen MR) is 154 cm³/mol. The quantitative estimate of drug-likeness (QED) is 0.298. The Kier molecular flexibility index (Phi) is 5.91. The number of amides is 1. The van der Waals surface area contributed by atoms with Crippen LogP contribution >= 0.6 is 0 Å².